The Morgan fingerprint density at radius 2 is 1.63 bits per heavy atom. The molecular formula is C26H28N4O5. The van der Waals surface area contributed by atoms with Crippen LogP contribution in [0.5, 0.6) is 5.75 Å². The van der Waals surface area contributed by atoms with E-state index >= 15 is 0 Å². The van der Waals surface area contributed by atoms with Gasteiger partial charge in [-0.25, -0.2) is 0 Å². The van der Waals surface area contributed by atoms with E-state index < -0.39 is 0 Å². The summed E-state index contributed by atoms with van der Waals surface area (Å²) < 4.78 is 10.7. The lowest BCUT2D eigenvalue weighted by Crippen LogP contribution is -2.50. The topological polar surface area (TPSA) is 104 Å². The third-order valence-electron chi connectivity index (χ3n) is 5.76. The van der Waals surface area contributed by atoms with Crippen molar-refractivity contribution in [3.05, 3.63) is 77.7 Å². The van der Waals surface area contributed by atoms with Crippen molar-refractivity contribution in [2.75, 3.05) is 50.5 Å². The van der Waals surface area contributed by atoms with Crippen molar-refractivity contribution in [2.45, 2.75) is 6.92 Å². The SMILES string of the molecule is COc1ccccc1NC(=O)c1ccc(NC(=O)CN2CCN(C(=O)c3ccc(C)o3)CC2)cc1. The van der Waals surface area contributed by atoms with Crippen molar-refractivity contribution in [3.8, 4) is 5.75 Å². The smallest absolute Gasteiger partial charge is 0.289 e. The maximum Gasteiger partial charge on any atom is 0.289 e. The number of rotatable bonds is 7. The number of furan rings is 1. The summed E-state index contributed by atoms with van der Waals surface area (Å²) >= 11 is 0. The van der Waals surface area contributed by atoms with E-state index in [1.807, 2.05) is 17.0 Å². The predicted molar refractivity (Wildman–Crippen MR) is 132 cm³/mol. The molecule has 0 bridgehead atoms. The number of carbonyl (C=O) groups excluding carboxylic acids is 3. The van der Waals surface area contributed by atoms with E-state index in [0.717, 1.165) is 0 Å². The van der Waals surface area contributed by atoms with Crippen LogP contribution >= 0.6 is 0 Å². The minimum atomic E-state index is -0.274. The Kier molecular flexibility index (Phi) is 7.47. The number of nitrogens with zero attached hydrogens (tertiary/aromatic N) is 2. The highest BCUT2D eigenvalue weighted by molar-refractivity contribution is 6.05. The fourth-order valence-corrected chi connectivity index (χ4v) is 3.87. The van der Waals surface area contributed by atoms with E-state index in [0.29, 0.717) is 60.4 Å². The number of methoxy groups -OCH3 is 1. The first-order chi connectivity index (χ1) is 16.9. The third-order valence-corrected chi connectivity index (χ3v) is 5.76. The van der Waals surface area contributed by atoms with Crippen LogP contribution in [0.4, 0.5) is 11.4 Å². The molecule has 35 heavy (non-hydrogen) atoms. The number of ether oxygens (including phenoxy) is 1. The fourth-order valence-electron chi connectivity index (χ4n) is 3.87. The minimum Gasteiger partial charge on any atom is -0.495 e. The number of carbonyl (C=O) groups is 3. The molecule has 182 valence electrons. The molecule has 0 unspecified atom stereocenters. The molecule has 1 aliphatic rings. The van der Waals surface area contributed by atoms with Gasteiger partial charge >= 0.3 is 0 Å². The van der Waals surface area contributed by atoms with Crippen LogP contribution in [-0.2, 0) is 4.79 Å². The van der Waals surface area contributed by atoms with Gasteiger partial charge in [-0.2, -0.15) is 0 Å². The molecule has 1 fully saturated rings. The second-order valence-electron chi connectivity index (χ2n) is 8.26. The van der Waals surface area contributed by atoms with Crippen molar-refractivity contribution >= 4 is 29.1 Å². The van der Waals surface area contributed by atoms with Gasteiger partial charge in [0.1, 0.15) is 11.5 Å². The van der Waals surface area contributed by atoms with Crippen LogP contribution in [0, 0.1) is 6.92 Å². The molecule has 0 spiro atoms. The van der Waals surface area contributed by atoms with Gasteiger partial charge in [-0.05, 0) is 55.5 Å². The van der Waals surface area contributed by atoms with Gasteiger partial charge in [0.05, 0.1) is 19.3 Å². The highest BCUT2D eigenvalue weighted by Crippen LogP contribution is 2.24. The van der Waals surface area contributed by atoms with Crippen molar-refractivity contribution in [3.63, 3.8) is 0 Å². The Morgan fingerprint density at radius 1 is 0.914 bits per heavy atom. The number of anilines is 2. The van der Waals surface area contributed by atoms with E-state index in [4.69, 9.17) is 9.15 Å². The Hall–Kier alpha value is -4.11. The van der Waals surface area contributed by atoms with Crippen molar-refractivity contribution in [2.24, 2.45) is 0 Å². The number of hydrogen-bond acceptors (Lipinski definition) is 6. The molecule has 9 heteroatoms. The van der Waals surface area contributed by atoms with Crippen molar-refractivity contribution < 1.29 is 23.5 Å². The summed E-state index contributed by atoms with van der Waals surface area (Å²) in [6.45, 7) is 4.28. The lowest BCUT2D eigenvalue weighted by atomic mass is 10.2. The zero-order chi connectivity index (χ0) is 24.8. The van der Waals surface area contributed by atoms with E-state index in [1.54, 1.807) is 67.5 Å². The lowest BCUT2D eigenvalue weighted by molar-refractivity contribution is -0.117. The van der Waals surface area contributed by atoms with Crippen LogP contribution < -0.4 is 15.4 Å². The number of aryl methyl sites for hydroxylation is 1. The summed E-state index contributed by atoms with van der Waals surface area (Å²) in [6, 6.07) is 17.3. The molecule has 1 aliphatic heterocycles. The number of hydrogen-bond donors (Lipinski definition) is 2. The maximum atomic E-state index is 12.6. The summed E-state index contributed by atoms with van der Waals surface area (Å²) in [7, 11) is 1.55. The molecule has 3 aromatic rings. The Labute approximate surface area is 203 Å². The zero-order valence-corrected chi connectivity index (χ0v) is 19.7. The largest absolute Gasteiger partial charge is 0.495 e. The zero-order valence-electron chi connectivity index (χ0n) is 19.7. The first-order valence-corrected chi connectivity index (χ1v) is 11.4. The van der Waals surface area contributed by atoms with Crippen LogP contribution in [0.3, 0.4) is 0 Å². The summed E-state index contributed by atoms with van der Waals surface area (Å²) in [6.07, 6.45) is 0. The Morgan fingerprint density at radius 3 is 2.29 bits per heavy atom. The van der Waals surface area contributed by atoms with Crippen molar-refractivity contribution in [1.82, 2.24) is 9.80 Å². The molecule has 1 saturated heterocycles. The molecule has 1 aromatic heterocycles. The molecule has 3 amide bonds. The first kappa shape index (κ1) is 24.0. The molecule has 0 radical (unpaired) electrons. The highest BCUT2D eigenvalue weighted by Gasteiger charge is 2.25. The van der Waals surface area contributed by atoms with E-state index in [9.17, 15) is 14.4 Å². The second kappa shape index (κ2) is 10.9. The second-order valence-corrected chi connectivity index (χ2v) is 8.26. The fraction of sp³-hybridized carbons (Fsp3) is 0.269. The molecule has 0 saturated carbocycles. The summed E-state index contributed by atoms with van der Waals surface area (Å²) in [5.41, 5.74) is 1.64. The van der Waals surface area contributed by atoms with Crippen LogP contribution in [0.25, 0.3) is 0 Å². The Bertz CT molecular complexity index is 1200. The molecular weight excluding hydrogens is 448 g/mol. The van der Waals surface area contributed by atoms with Gasteiger partial charge in [0.25, 0.3) is 11.8 Å². The number of benzene rings is 2. The minimum absolute atomic E-state index is 0.128. The third kappa shape index (κ3) is 6.07. The van der Waals surface area contributed by atoms with E-state index in [2.05, 4.69) is 10.6 Å². The number of piperazine rings is 1. The van der Waals surface area contributed by atoms with Crippen LogP contribution in [0.15, 0.2) is 65.1 Å². The molecule has 2 N–H and O–H groups in total. The normalized spacial score (nSPS) is 13.8. The summed E-state index contributed by atoms with van der Waals surface area (Å²) in [4.78, 5) is 41.3. The van der Waals surface area contributed by atoms with Gasteiger partial charge in [-0.1, -0.05) is 12.1 Å². The average molecular weight is 477 g/mol. The maximum absolute atomic E-state index is 12.6. The summed E-state index contributed by atoms with van der Waals surface area (Å²) in [5.74, 6) is 1.06. The van der Waals surface area contributed by atoms with E-state index in [-0.39, 0.29) is 24.3 Å². The summed E-state index contributed by atoms with van der Waals surface area (Å²) in [5, 5.41) is 5.68. The average Bonchev–Trinajstić information content (AvgIpc) is 3.31. The predicted octanol–water partition coefficient (Wildman–Crippen LogP) is 3.25. The van der Waals surface area contributed by atoms with Crippen molar-refractivity contribution in [1.29, 1.82) is 0 Å². The lowest BCUT2D eigenvalue weighted by Gasteiger charge is -2.33. The molecule has 2 heterocycles. The van der Waals surface area contributed by atoms with Gasteiger partial charge in [0.15, 0.2) is 5.76 Å². The molecule has 4 rings (SSSR count). The van der Waals surface area contributed by atoms with Crippen LogP contribution in [-0.4, -0.2) is 67.4 Å². The first-order valence-electron chi connectivity index (χ1n) is 11.4. The molecule has 2 aromatic carbocycles. The van der Waals surface area contributed by atoms with Gasteiger partial charge in [0.2, 0.25) is 5.91 Å². The van der Waals surface area contributed by atoms with Gasteiger partial charge in [-0.15, -0.1) is 0 Å². The standard InChI is InChI=1S/C26H28N4O5/c1-18-7-12-23(35-18)26(33)30-15-13-29(14-16-30)17-24(31)27-20-10-8-19(9-11-20)25(32)28-21-5-3-4-6-22(21)34-2/h3-12H,13-17H2,1-2H3,(H,27,31)(H,28,32). The highest BCUT2D eigenvalue weighted by atomic mass is 16.5. The molecule has 9 nitrogen and oxygen atoms in total. The van der Waals surface area contributed by atoms with Crippen LogP contribution in [0.1, 0.15) is 26.7 Å². The molecule has 0 atom stereocenters. The van der Waals surface area contributed by atoms with Gasteiger partial charge in [0, 0.05) is 37.4 Å². The van der Waals surface area contributed by atoms with E-state index in [1.165, 1.54) is 0 Å². The van der Waals surface area contributed by atoms with Crippen LogP contribution in [0.2, 0.25) is 0 Å². The number of para-hydroxylation sites is 2. The Balaban J connectivity index is 1.24. The quantitative estimate of drug-likeness (QED) is 0.543. The number of nitrogens with one attached hydrogen (secondary N) is 2. The monoisotopic (exact) mass is 476 g/mol. The van der Waals surface area contributed by atoms with Gasteiger partial charge in [-0.3, -0.25) is 19.3 Å². The van der Waals surface area contributed by atoms with Gasteiger partial charge < -0.3 is 24.7 Å². The number of amides is 3. The molecule has 0 aliphatic carbocycles.